The van der Waals surface area contributed by atoms with Crippen LogP contribution in [0.2, 0.25) is 0 Å². The zero-order valence-electron chi connectivity index (χ0n) is 16.4. The van der Waals surface area contributed by atoms with E-state index in [2.05, 4.69) is 18.3 Å². The molecule has 0 aliphatic carbocycles. The van der Waals surface area contributed by atoms with Crippen molar-refractivity contribution in [2.24, 2.45) is 5.92 Å². The number of amides is 1. The summed E-state index contributed by atoms with van der Waals surface area (Å²) in [5.74, 6) is 0.996. The van der Waals surface area contributed by atoms with Gasteiger partial charge in [-0.1, -0.05) is 25.1 Å². The maximum Gasteiger partial charge on any atom is 0.223 e. The van der Waals surface area contributed by atoms with Gasteiger partial charge in [0.15, 0.2) is 0 Å². The Bertz CT molecular complexity index is 698. The first-order valence-electron chi connectivity index (χ1n) is 9.94. The van der Waals surface area contributed by atoms with Crippen LogP contribution in [-0.4, -0.2) is 50.6 Å². The molecule has 6 nitrogen and oxygen atoms in total. The predicted molar refractivity (Wildman–Crippen MR) is 107 cm³/mol. The van der Waals surface area contributed by atoms with Gasteiger partial charge in [-0.05, 0) is 50.7 Å². The van der Waals surface area contributed by atoms with Gasteiger partial charge in [0.25, 0.3) is 0 Å². The molecule has 152 valence electrons. The lowest BCUT2D eigenvalue weighted by molar-refractivity contribution is -0.126. The molecular weight excluding hydrogens is 364 g/mol. The molecule has 1 aromatic rings. The van der Waals surface area contributed by atoms with E-state index in [1.807, 2.05) is 18.2 Å². The highest BCUT2D eigenvalue weighted by Crippen LogP contribution is 2.21. The van der Waals surface area contributed by atoms with Crippen molar-refractivity contribution in [3.05, 3.63) is 29.8 Å². The van der Waals surface area contributed by atoms with Gasteiger partial charge in [-0.25, -0.2) is 12.7 Å². The first-order valence-corrected chi connectivity index (χ1v) is 11.5. The van der Waals surface area contributed by atoms with Crippen LogP contribution in [-0.2, 0) is 21.2 Å². The molecular formula is C20H32N2O4S. The quantitative estimate of drug-likeness (QED) is 0.617. The van der Waals surface area contributed by atoms with Gasteiger partial charge in [0.2, 0.25) is 15.9 Å². The first kappa shape index (κ1) is 21.7. The zero-order valence-corrected chi connectivity index (χ0v) is 17.3. The molecule has 27 heavy (non-hydrogen) atoms. The lowest BCUT2D eigenvalue weighted by Crippen LogP contribution is -2.43. The van der Waals surface area contributed by atoms with E-state index in [1.54, 1.807) is 6.92 Å². The average molecular weight is 397 g/mol. The Morgan fingerprint density at radius 2 is 1.93 bits per heavy atom. The van der Waals surface area contributed by atoms with Crippen LogP contribution < -0.4 is 10.1 Å². The van der Waals surface area contributed by atoms with Gasteiger partial charge >= 0.3 is 0 Å². The van der Waals surface area contributed by atoms with Crippen molar-refractivity contribution in [2.45, 2.75) is 46.0 Å². The molecule has 1 aromatic carbocycles. The van der Waals surface area contributed by atoms with Gasteiger partial charge in [-0.2, -0.15) is 0 Å². The number of sulfonamides is 1. The third kappa shape index (κ3) is 6.50. The van der Waals surface area contributed by atoms with Crippen molar-refractivity contribution in [2.75, 3.05) is 32.0 Å². The minimum Gasteiger partial charge on any atom is -0.493 e. The van der Waals surface area contributed by atoms with E-state index in [9.17, 15) is 13.2 Å². The summed E-state index contributed by atoms with van der Waals surface area (Å²) in [5, 5.41) is 3.01. The van der Waals surface area contributed by atoms with E-state index < -0.39 is 10.0 Å². The summed E-state index contributed by atoms with van der Waals surface area (Å²) in [6, 6.07) is 8.03. The molecule has 1 aliphatic rings. The van der Waals surface area contributed by atoms with Crippen LogP contribution in [0.4, 0.5) is 0 Å². The molecule has 1 N–H and O–H groups in total. The van der Waals surface area contributed by atoms with E-state index in [0.29, 0.717) is 39.1 Å². The number of hydrogen-bond donors (Lipinski definition) is 1. The van der Waals surface area contributed by atoms with E-state index in [1.165, 1.54) is 9.87 Å². The standard InChI is InChI=1S/C20H32N2O4S/c1-3-16-26-19-10-6-5-8-17(19)9-7-13-21-20(23)18-11-14-22(15-12-18)27(24,25)4-2/h5-6,8,10,18H,3-4,7,9,11-16H2,1-2H3,(H,21,23). The molecule has 0 unspecified atom stereocenters. The summed E-state index contributed by atoms with van der Waals surface area (Å²) in [6.07, 6.45) is 3.87. The lowest BCUT2D eigenvalue weighted by atomic mass is 9.97. The Balaban J connectivity index is 1.72. The van der Waals surface area contributed by atoms with Crippen LogP contribution >= 0.6 is 0 Å². The van der Waals surface area contributed by atoms with Gasteiger partial charge in [0, 0.05) is 25.6 Å². The van der Waals surface area contributed by atoms with Crippen LogP contribution in [0, 0.1) is 5.92 Å². The number of aryl methyl sites for hydroxylation is 1. The van der Waals surface area contributed by atoms with Crippen molar-refractivity contribution in [3.8, 4) is 5.75 Å². The van der Waals surface area contributed by atoms with Gasteiger partial charge in [-0.3, -0.25) is 4.79 Å². The number of carbonyl (C=O) groups is 1. The molecule has 0 spiro atoms. The predicted octanol–water partition coefficient (Wildman–Crippen LogP) is 2.59. The summed E-state index contributed by atoms with van der Waals surface area (Å²) in [6.45, 7) is 5.95. The van der Waals surface area contributed by atoms with Crippen molar-refractivity contribution >= 4 is 15.9 Å². The Morgan fingerprint density at radius 3 is 2.59 bits per heavy atom. The third-order valence-electron chi connectivity index (χ3n) is 4.94. The molecule has 0 saturated carbocycles. The first-order chi connectivity index (χ1) is 13.0. The fourth-order valence-corrected chi connectivity index (χ4v) is 4.41. The summed E-state index contributed by atoms with van der Waals surface area (Å²) >= 11 is 0. The number of ether oxygens (including phenoxy) is 1. The second kappa shape index (κ2) is 10.7. The van der Waals surface area contributed by atoms with E-state index in [4.69, 9.17) is 4.74 Å². The smallest absolute Gasteiger partial charge is 0.223 e. The topological polar surface area (TPSA) is 75.7 Å². The maximum absolute atomic E-state index is 12.3. The minimum absolute atomic E-state index is 0.0408. The molecule has 1 aliphatic heterocycles. The Hall–Kier alpha value is -1.60. The van der Waals surface area contributed by atoms with E-state index in [0.717, 1.165) is 25.0 Å². The largest absolute Gasteiger partial charge is 0.493 e. The van der Waals surface area contributed by atoms with Crippen molar-refractivity contribution in [1.29, 1.82) is 0 Å². The number of nitrogens with zero attached hydrogens (tertiary/aromatic N) is 1. The van der Waals surface area contributed by atoms with Gasteiger partial charge in [-0.15, -0.1) is 0 Å². The van der Waals surface area contributed by atoms with Gasteiger partial charge in [0.05, 0.1) is 12.4 Å². The minimum atomic E-state index is -3.14. The summed E-state index contributed by atoms with van der Waals surface area (Å²) < 4.78 is 31.0. The SMILES string of the molecule is CCCOc1ccccc1CCCNC(=O)C1CCN(S(=O)(=O)CC)CC1. The Kier molecular flexibility index (Phi) is 8.57. The molecule has 0 atom stereocenters. The van der Waals surface area contributed by atoms with Crippen LogP contribution in [0.25, 0.3) is 0 Å². The number of nitrogens with one attached hydrogen (secondary N) is 1. The molecule has 1 heterocycles. The monoisotopic (exact) mass is 396 g/mol. The van der Waals surface area contributed by atoms with Crippen molar-refractivity contribution in [3.63, 3.8) is 0 Å². The Morgan fingerprint density at radius 1 is 1.22 bits per heavy atom. The summed E-state index contributed by atoms with van der Waals surface area (Å²) in [4.78, 5) is 12.3. The second-order valence-electron chi connectivity index (χ2n) is 6.92. The Labute approximate surface area is 163 Å². The molecule has 1 fully saturated rings. The molecule has 0 radical (unpaired) electrons. The van der Waals surface area contributed by atoms with Crippen molar-refractivity contribution < 1.29 is 17.9 Å². The van der Waals surface area contributed by atoms with Crippen LogP contribution in [0.15, 0.2) is 24.3 Å². The van der Waals surface area contributed by atoms with Crippen LogP contribution in [0.3, 0.4) is 0 Å². The number of rotatable bonds is 10. The zero-order chi connectivity index (χ0) is 19.7. The average Bonchev–Trinajstić information content (AvgIpc) is 2.70. The third-order valence-corrected chi connectivity index (χ3v) is 6.82. The fourth-order valence-electron chi connectivity index (χ4n) is 3.28. The molecule has 1 saturated heterocycles. The maximum atomic E-state index is 12.3. The molecule has 7 heteroatoms. The number of piperidine rings is 1. The van der Waals surface area contributed by atoms with E-state index >= 15 is 0 Å². The highest BCUT2D eigenvalue weighted by atomic mass is 32.2. The molecule has 0 bridgehead atoms. The summed E-state index contributed by atoms with van der Waals surface area (Å²) in [5.41, 5.74) is 1.17. The normalized spacial score (nSPS) is 16.2. The van der Waals surface area contributed by atoms with Crippen LogP contribution in [0.5, 0.6) is 5.75 Å². The number of hydrogen-bond acceptors (Lipinski definition) is 4. The second-order valence-corrected chi connectivity index (χ2v) is 9.18. The molecule has 2 rings (SSSR count). The molecule has 0 aromatic heterocycles. The highest BCUT2D eigenvalue weighted by Gasteiger charge is 2.29. The van der Waals surface area contributed by atoms with Crippen LogP contribution in [0.1, 0.15) is 45.1 Å². The number of benzene rings is 1. The molecule has 1 amide bonds. The van der Waals surface area contributed by atoms with E-state index in [-0.39, 0.29) is 17.6 Å². The van der Waals surface area contributed by atoms with Crippen molar-refractivity contribution in [1.82, 2.24) is 9.62 Å². The van der Waals surface area contributed by atoms with Gasteiger partial charge in [0.1, 0.15) is 5.75 Å². The highest BCUT2D eigenvalue weighted by molar-refractivity contribution is 7.89. The summed E-state index contributed by atoms with van der Waals surface area (Å²) in [7, 11) is -3.14. The lowest BCUT2D eigenvalue weighted by Gasteiger charge is -2.30. The fraction of sp³-hybridized carbons (Fsp3) is 0.650. The number of carbonyl (C=O) groups excluding carboxylic acids is 1. The van der Waals surface area contributed by atoms with Gasteiger partial charge < -0.3 is 10.1 Å². The number of para-hydroxylation sites is 1.